The Bertz CT molecular complexity index is 584. The summed E-state index contributed by atoms with van der Waals surface area (Å²) in [6.45, 7) is 2.10. The summed E-state index contributed by atoms with van der Waals surface area (Å²) in [4.78, 5) is 5.75. The minimum Gasteiger partial charge on any atom is -0.339 e. The standard InChI is InChI=1S/C15H19N3OS/c1-10-3-2-4-13(7-10)20-9-14-17-15(19-18-14)11-5-6-12(16)8-11/h2-4,7,11-12H,5-6,8-9,16H2,1H3/t11-,12+/m1/s1. The fraction of sp³-hybridized carbons (Fsp3) is 0.467. The van der Waals surface area contributed by atoms with Gasteiger partial charge in [-0.05, 0) is 38.3 Å². The Labute approximate surface area is 123 Å². The number of hydrogen-bond acceptors (Lipinski definition) is 5. The van der Waals surface area contributed by atoms with Crippen molar-refractivity contribution in [1.29, 1.82) is 0 Å². The summed E-state index contributed by atoms with van der Waals surface area (Å²) in [7, 11) is 0. The molecule has 1 aliphatic rings. The van der Waals surface area contributed by atoms with Crippen LogP contribution in [-0.4, -0.2) is 16.2 Å². The van der Waals surface area contributed by atoms with Crippen molar-refractivity contribution in [3.05, 3.63) is 41.5 Å². The number of nitrogens with zero attached hydrogens (tertiary/aromatic N) is 2. The van der Waals surface area contributed by atoms with E-state index >= 15 is 0 Å². The molecule has 1 aliphatic carbocycles. The molecule has 0 spiro atoms. The third-order valence-corrected chi connectivity index (χ3v) is 4.65. The van der Waals surface area contributed by atoms with Crippen LogP contribution >= 0.6 is 11.8 Å². The summed E-state index contributed by atoms with van der Waals surface area (Å²) in [6, 6.07) is 8.73. The minimum atomic E-state index is 0.289. The van der Waals surface area contributed by atoms with E-state index in [2.05, 4.69) is 41.3 Å². The van der Waals surface area contributed by atoms with Crippen LogP contribution in [-0.2, 0) is 5.75 Å². The molecule has 0 unspecified atom stereocenters. The molecule has 2 aromatic rings. The predicted molar refractivity (Wildman–Crippen MR) is 79.6 cm³/mol. The quantitative estimate of drug-likeness (QED) is 0.875. The fourth-order valence-corrected chi connectivity index (χ4v) is 3.44. The molecule has 2 atom stereocenters. The van der Waals surface area contributed by atoms with E-state index in [0.29, 0.717) is 5.92 Å². The van der Waals surface area contributed by atoms with Crippen LogP contribution in [0, 0.1) is 6.92 Å². The maximum Gasteiger partial charge on any atom is 0.229 e. The zero-order chi connectivity index (χ0) is 13.9. The number of benzene rings is 1. The Morgan fingerprint density at radius 2 is 2.30 bits per heavy atom. The van der Waals surface area contributed by atoms with Crippen LogP contribution in [0.4, 0.5) is 0 Å². The van der Waals surface area contributed by atoms with E-state index < -0.39 is 0 Å². The molecule has 0 amide bonds. The van der Waals surface area contributed by atoms with Gasteiger partial charge in [0.25, 0.3) is 0 Å². The van der Waals surface area contributed by atoms with Gasteiger partial charge in [-0.1, -0.05) is 22.9 Å². The number of thioether (sulfide) groups is 1. The van der Waals surface area contributed by atoms with Crippen LogP contribution in [0.3, 0.4) is 0 Å². The lowest BCUT2D eigenvalue weighted by Gasteiger charge is -2.01. The average Bonchev–Trinajstić information content (AvgIpc) is 3.05. The van der Waals surface area contributed by atoms with Crippen LogP contribution < -0.4 is 5.73 Å². The van der Waals surface area contributed by atoms with Gasteiger partial charge < -0.3 is 10.3 Å². The lowest BCUT2D eigenvalue weighted by molar-refractivity contribution is 0.350. The second-order valence-electron chi connectivity index (χ2n) is 5.42. The van der Waals surface area contributed by atoms with E-state index in [1.54, 1.807) is 11.8 Å². The Morgan fingerprint density at radius 1 is 1.40 bits per heavy atom. The molecule has 0 aliphatic heterocycles. The maximum atomic E-state index is 5.92. The van der Waals surface area contributed by atoms with E-state index in [0.717, 1.165) is 36.7 Å². The van der Waals surface area contributed by atoms with Crippen LogP contribution in [0.5, 0.6) is 0 Å². The first kappa shape index (κ1) is 13.6. The van der Waals surface area contributed by atoms with Crippen LogP contribution in [0.15, 0.2) is 33.7 Å². The molecule has 1 fully saturated rings. The Hall–Kier alpha value is -1.33. The molecule has 1 heterocycles. The molecule has 1 aromatic heterocycles. The molecule has 4 nitrogen and oxygen atoms in total. The number of hydrogen-bond donors (Lipinski definition) is 1. The number of aromatic nitrogens is 2. The van der Waals surface area contributed by atoms with Gasteiger partial charge in [0.2, 0.25) is 5.89 Å². The first-order valence-corrected chi connectivity index (χ1v) is 7.97. The van der Waals surface area contributed by atoms with Crippen molar-refractivity contribution in [3.63, 3.8) is 0 Å². The maximum absolute atomic E-state index is 5.92. The SMILES string of the molecule is Cc1cccc(SCc2noc([C@@H]3CC[C@H](N)C3)n2)c1. The second-order valence-corrected chi connectivity index (χ2v) is 6.47. The van der Waals surface area contributed by atoms with Crippen LogP contribution in [0.2, 0.25) is 0 Å². The summed E-state index contributed by atoms with van der Waals surface area (Å²) in [5.74, 6) is 2.63. The normalized spacial score (nSPS) is 22.3. The van der Waals surface area contributed by atoms with Crippen LogP contribution in [0.25, 0.3) is 0 Å². The summed E-state index contributed by atoms with van der Waals surface area (Å²) in [5.41, 5.74) is 7.19. The summed E-state index contributed by atoms with van der Waals surface area (Å²) < 4.78 is 5.38. The molecule has 1 aromatic carbocycles. The van der Waals surface area contributed by atoms with Gasteiger partial charge in [0, 0.05) is 16.9 Å². The third-order valence-electron chi connectivity index (χ3n) is 3.66. The van der Waals surface area contributed by atoms with Gasteiger partial charge in [0.1, 0.15) is 0 Å². The molecule has 3 rings (SSSR count). The fourth-order valence-electron chi connectivity index (χ4n) is 2.59. The van der Waals surface area contributed by atoms with Gasteiger partial charge in [0.05, 0.1) is 5.75 Å². The first-order valence-electron chi connectivity index (χ1n) is 6.98. The van der Waals surface area contributed by atoms with Gasteiger partial charge in [-0.25, -0.2) is 0 Å². The molecule has 106 valence electrons. The van der Waals surface area contributed by atoms with Crippen molar-refractivity contribution in [3.8, 4) is 0 Å². The highest BCUT2D eigenvalue weighted by Crippen LogP contribution is 2.33. The zero-order valence-corrected chi connectivity index (χ0v) is 12.4. The lowest BCUT2D eigenvalue weighted by atomic mass is 10.1. The molecule has 5 heteroatoms. The molecular formula is C15H19N3OS. The Kier molecular flexibility index (Phi) is 4.08. The van der Waals surface area contributed by atoms with Gasteiger partial charge in [0.15, 0.2) is 5.82 Å². The van der Waals surface area contributed by atoms with E-state index in [-0.39, 0.29) is 6.04 Å². The number of aryl methyl sites for hydroxylation is 1. The Morgan fingerprint density at radius 3 is 3.05 bits per heavy atom. The van der Waals surface area contributed by atoms with E-state index in [9.17, 15) is 0 Å². The van der Waals surface area contributed by atoms with Crippen molar-refractivity contribution in [2.75, 3.05) is 0 Å². The highest BCUT2D eigenvalue weighted by atomic mass is 32.2. The minimum absolute atomic E-state index is 0.289. The van der Waals surface area contributed by atoms with Gasteiger partial charge in [-0.15, -0.1) is 11.8 Å². The number of rotatable bonds is 4. The zero-order valence-electron chi connectivity index (χ0n) is 11.6. The molecule has 0 saturated heterocycles. The molecular weight excluding hydrogens is 270 g/mol. The average molecular weight is 289 g/mol. The lowest BCUT2D eigenvalue weighted by Crippen LogP contribution is -2.14. The summed E-state index contributed by atoms with van der Waals surface area (Å²) in [5, 5.41) is 4.08. The molecule has 1 saturated carbocycles. The highest BCUT2D eigenvalue weighted by molar-refractivity contribution is 7.98. The van der Waals surface area contributed by atoms with E-state index in [1.807, 2.05) is 0 Å². The van der Waals surface area contributed by atoms with Crippen molar-refractivity contribution in [1.82, 2.24) is 10.1 Å². The van der Waals surface area contributed by atoms with Crippen molar-refractivity contribution in [2.45, 2.75) is 48.8 Å². The summed E-state index contributed by atoms with van der Waals surface area (Å²) >= 11 is 1.73. The molecule has 0 bridgehead atoms. The van der Waals surface area contributed by atoms with Crippen molar-refractivity contribution < 1.29 is 4.52 Å². The first-order chi connectivity index (χ1) is 9.70. The van der Waals surface area contributed by atoms with Gasteiger partial charge in [-0.3, -0.25) is 0 Å². The number of nitrogens with two attached hydrogens (primary N) is 1. The second kappa shape index (κ2) is 5.97. The monoisotopic (exact) mass is 289 g/mol. The molecule has 20 heavy (non-hydrogen) atoms. The Balaban J connectivity index is 1.60. The predicted octanol–water partition coefficient (Wildman–Crippen LogP) is 3.27. The largest absolute Gasteiger partial charge is 0.339 e. The van der Waals surface area contributed by atoms with Crippen molar-refractivity contribution >= 4 is 11.8 Å². The third kappa shape index (κ3) is 3.22. The van der Waals surface area contributed by atoms with Gasteiger partial charge in [-0.2, -0.15) is 4.98 Å². The van der Waals surface area contributed by atoms with Crippen LogP contribution in [0.1, 0.15) is 42.5 Å². The van der Waals surface area contributed by atoms with E-state index in [1.165, 1.54) is 10.5 Å². The van der Waals surface area contributed by atoms with E-state index in [4.69, 9.17) is 10.3 Å². The molecule has 0 radical (unpaired) electrons. The highest BCUT2D eigenvalue weighted by Gasteiger charge is 2.27. The van der Waals surface area contributed by atoms with Crippen molar-refractivity contribution in [2.24, 2.45) is 5.73 Å². The topological polar surface area (TPSA) is 64.9 Å². The summed E-state index contributed by atoms with van der Waals surface area (Å²) in [6.07, 6.45) is 3.08. The molecule has 2 N–H and O–H groups in total. The smallest absolute Gasteiger partial charge is 0.229 e. The van der Waals surface area contributed by atoms with Gasteiger partial charge >= 0.3 is 0 Å².